The van der Waals surface area contributed by atoms with Crippen molar-refractivity contribution in [1.29, 1.82) is 0 Å². The van der Waals surface area contributed by atoms with Crippen LogP contribution in [0, 0.1) is 23.5 Å². The maximum Gasteiger partial charge on any atom is -0.0640 e. The van der Waals surface area contributed by atoms with Gasteiger partial charge in [0.05, 0.1) is 0 Å². The van der Waals surface area contributed by atoms with E-state index in [2.05, 4.69) is 179 Å². The second-order valence-electron chi connectivity index (χ2n) is 16.6. The summed E-state index contributed by atoms with van der Waals surface area (Å²) in [5.41, 5.74) is 15.2. The second-order valence-corrected chi connectivity index (χ2v) is 17.8. The molecule has 4 aromatic rings. The molecule has 1 atom stereocenters. The Balaban J connectivity index is 0.000000279. The zero-order valence-electron chi connectivity index (χ0n) is 33.0. The number of benzene rings is 4. The van der Waals surface area contributed by atoms with Gasteiger partial charge in [0.2, 0.25) is 0 Å². The molecule has 0 saturated carbocycles. The third kappa shape index (κ3) is 11.8. The molecule has 0 spiro atoms. The Kier molecular flexibility index (Phi) is 16.5. The number of hydrogen-bond acceptors (Lipinski definition) is 0. The van der Waals surface area contributed by atoms with Gasteiger partial charge in [-0.15, -0.1) is 23.8 Å². The standard InChI is InChI=1S/C21H26.C17H13.C11H17.2ClH.Zr/c1-20(2,3)18-11-7-16(8-12-18)15-17-9-13-19(14-10-17)21(4,5)6;1-3-12-5-7-14-11-15-8-6-13(4-2)10-17(15)16(14)9-12;1-5-9-6-7-10(8-9)11(2,3)4;;;/h7-14H,1-6H3;3-7,9-10H,1-2,11H2;7-9H,5H2,1-4H3;2*1H;/q;2*-1;;;+2/p-2. The summed E-state index contributed by atoms with van der Waals surface area (Å²) in [5.74, 6) is 0.573. The van der Waals surface area contributed by atoms with E-state index < -0.39 is 0 Å². The fourth-order valence-electron chi connectivity index (χ4n) is 6.02. The Morgan fingerprint density at radius 3 is 1.62 bits per heavy atom. The Hall–Kier alpha value is -2.83. The third-order valence-corrected chi connectivity index (χ3v) is 10.9. The van der Waals surface area contributed by atoms with Gasteiger partial charge in [-0.3, -0.25) is 6.08 Å². The van der Waals surface area contributed by atoms with E-state index in [1.807, 2.05) is 18.2 Å². The zero-order valence-corrected chi connectivity index (χ0v) is 36.9. The van der Waals surface area contributed by atoms with Crippen molar-refractivity contribution >= 4 is 15.4 Å². The Morgan fingerprint density at radius 1 is 0.712 bits per heavy atom. The van der Waals surface area contributed by atoms with E-state index in [1.165, 1.54) is 89.5 Å². The van der Waals surface area contributed by atoms with Crippen molar-refractivity contribution in [3.05, 3.63) is 166 Å². The summed E-state index contributed by atoms with van der Waals surface area (Å²) in [7, 11) is 0. The molecule has 0 bridgehead atoms. The number of fused-ring (bicyclic) bond motifs is 3. The Labute approximate surface area is 343 Å². The topological polar surface area (TPSA) is 0 Å². The molecule has 0 fully saturated rings. The van der Waals surface area contributed by atoms with Crippen LogP contribution in [-0.4, -0.2) is 3.21 Å². The van der Waals surface area contributed by atoms with E-state index in [0.29, 0.717) is 11.3 Å². The summed E-state index contributed by atoms with van der Waals surface area (Å²) < 4.78 is 1.42. The predicted octanol–water partition coefficient (Wildman–Crippen LogP) is 7.11. The van der Waals surface area contributed by atoms with Gasteiger partial charge in [0.25, 0.3) is 0 Å². The SMILES string of the molecule is C=Cc1c[c-]c2c(c1)-c1cc(C=C)ccc1C2.CC(C)(C)c1ccc([C](=[Zr+2])c2ccc(C(C)(C)C)cc2)cc1.CCC1[C-]=CC(C(C)(C)C)=C1.[Cl-].[Cl-]. The van der Waals surface area contributed by atoms with E-state index in [-0.39, 0.29) is 35.6 Å². The van der Waals surface area contributed by atoms with Crippen molar-refractivity contribution in [3.63, 3.8) is 0 Å². The average Bonchev–Trinajstić information content (AvgIpc) is 3.73. The fraction of sp³-hybridized carbons (Fsp3) is 0.327. The van der Waals surface area contributed by atoms with Crippen LogP contribution in [0.4, 0.5) is 0 Å². The van der Waals surface area contributed by atoms with Crippen LogP contribution < -0.4 is 24.8 Å². The number of halogens is 2. The van der Waals surface area contributed by atoms with Crippen molar-refractivity contribution in [3.8, 4) is 11.1 Å². The van der Waals surface area contributed by atoms with Gasteiger partial charge in [-0.25, -0.2) is 6.08 Å². The molecule has 2 aliphatic rings. The molecule has 6 rings (SSSR count). The largest absolute Gasteiger partial charge is 1.00 e. The summed E-state index contributed by atoms with van der Waals surface area (Å²) >= 11 is 1.46. The number of allylic oxidation sites excluding steroid dienone is 4. The number of rotatable bonds is 5. The number of hydrogen-bond donors (Lipinski definition) is 0. The molecule has 0 nitrogen and oxygen atoms in total. The van der Waals surface area contributed by atoms with Crippen LogP contribution in [-0.2, 0) is 41.5 Å². The molecule has 4 aromatic carbocycles. The van der Waals surface area contributed by atoms with Gasteiger partial charge in [-0.1, -0.05) is 87.4 Å². The minimum atomic E-state index is 0. The third-order valence-electron chi connectivity index (χ3n) is 9.53. The Morgan fingerprint density at radius 2 is 1.21 bits per heavy atom. The van der Waals surface area contributed by atoms with Crippen molar-refractivity contribution in [2.24, 2.45) is 11.3 Å². The first-order valence-corrected chi connectivity index (χ1v) is 19.2. The molecular formula is C49H56Cl2Zr-2. The molecule has 0 heterocycles. The van der Waals surface area contributed by atoms with Crippen LogP contribution >= 0.6 is 0 Å². The maximum absolute atomic E-state index is 3.82. The van der Waals surface area contributed by atoms with Crippen LogP contribution in [0.15, 0.2) is 110 Å². The van der Waals surface area contributed by atoms with E-state index in [9.17, 15) is 0 Å². The summed E-state index contributed by atoms with van der Waals surface area (Å²) in [6.45, 7) is 30.1. The Bertz CT molecular complexity index is 1770. The molecule has 0 amide bonds. The first kappa shape index (κ1) is 45.3. The first-order valence-electron chi connectivity index (χ1n) is 18.0. The van der Waals surface area contributed by atoms with Crippen molar-refractivity contribution in [1.82, 2.24) is 0 Å². The normalized spacial score (nSPS) is 14.2. The molecule has 0 radical (unpaired) electrons. The minimum Gasteiger partial charge on any atom is -1.00 e. The van der Waals surface area contributed by atoms with Crippen LogP contribution in [0.5, 0.6) is 0 Å². The fourth-order valence-corrected chi connectivity index (χ4v) is 6.84. The van der Waals surface area contributed by atoms with E-state index >= 15 is 0 Å². The first-order chi connectivity index (χ1) is 23.4. The smallest absolute Gasteiger partial charge is 0.0640 e. The molecule has 0 aromatic heterocycles. The van der Waals surface area contributed by atoms with Gasteiger partial charge in [0.1, 0.15) is 0 Å². The van der Waals surface area contributed by atoms with E-state index in [1.54, 1.807) is 0 Å². The van der Waals surface area contributed by atoms with E-state index in [0.717, 1.165) is 12.0 Å². The molecule has 0 saturated heterocycles. The summed E-state index contributed by atoms with van der Waals surface area (Å²) in [5, 5.41) is 0. The van der Waals surface area contributed by atoms with Crippen LogP contribution in [0.1, 0.15) is 120 Å². The van der Waals surface area contributed by atoms with Crippen molar-refractivity contribution in [2.45, 2.75) is 92.9 Å². The van der Waals surface area contributed by atoms with Crippen LogP contribution in [0.25, 0.3) is 23.3 Å². The van der Waals surface area contributed by atoms with Gasteiger partial charge >= 0.3 is 151 Å². The molecular weight excluding hydrogens is 751 g/mol. The molecule has 0 aliphatic heterocycles. The van der Waals surface area contributed by atoms with Gasteiger partial charge in [-0.2, -0.15) is 35.4 Å². The molecule has 52 heavy (non-hydrogen) atoms. The van der Waals surface area contributed by atoms with Crippen molar-refractivity contribution in [2.75, 3.05) is 0 Å². The summed E-state index contributed by atoms with van der Waals surface area (Å²) in [6, 6.07) is 32.2. The van der Waals surface area contributed by atoms with Gasteiger partial charge in [-0.05, 0) is 12.0 Å². The molecule has 0 N–H and O–H groups in total. The monoisotopic (exact) mass is 804 g/mol. The average molecular weight is 807 g/mol. The van der Waals surface area contributed by atoms with Gasteiger partial charge in [0, 0.05) is 0 Å². The van der Waals surface area contributed by atoms with Crippen molar-refractivity contribution < 1.29 is 49.0 Å². The molecule has 2 aliphatic carbocycles. The minimum absolute atomic E-state index is 0. The quantitative estimate of drug-likeness (QED) is 0.166. The van der Waals surface area contributed by atoms with Crippen LogP contribution in [0.3, 0.4) is 0 Å². The summed E-state index contributed by atoms with van der Waals surface area (Å²) in [6.07, 6.45) is 13.7. The van der Waals surface area contributed by atoms with E-state index in [4.69, 9.17) is 0 Å². The molecule has 272 valence electrons. The maximum atomic E-state index is 3.82. The van der Waals surface area contributed by atoms with Gasteiger partial charge in [0.15, 0.2) is 0 Å². The predicted molar refractivity (Wildman–Crippen MR) is 216 cm³/mol. The second kappa shape index (κ2) is 19.0. The molecule has 1 unspecified atom stereocenters. The van der Waals surface area contributed by atoms with Crippen LogP contribution in [0.2, 0.25) is 0 Å². The zero-order chi connectivity index (χ0) is 36.9. The van der Waals surface area contributed by atoms with Gasteiger partial charge < -0.3 is 24.8 Å². The summed E-state index contributed by atoms with van der Waals surface area (Å²) in [4.78, 5) is 0. The molecule has 3 heteroatoms.